The lowest BCUT2D eigenvalue weighted by atomic mass is 9.96. The number of nitrogens with zero attached hydrogens (tertiary/aromatic N) is 1. The van der Waals surface area contributed by atoms with E-state index in [0.717, 1.165) is 5.82 Å². The van der Waals surface area contributed by atoms with Crippen LogP contribution < -0.4 is 37.2 Å². The van der Waals surface area contributed by atoms with Crippen LogP contribution in [0, 0.1) is 23.7 Å². The highest BCUT2D eigenvalue weighted by atomic mass is 16.3. The Labute approximate surface area is 279 Å². The normalized spacial score (nSPS) is 33.9. The van der Waals surface area contributed by atoms with Crippen LogP contribution in [0.3, 0.4) is 0 Å². The molecule has 5 aliphatic rings. The number of carbonyl (C=O) groups excluding carboxylic acids is 5. The molecular formula is C33H56N8O6. The highest BCUT2D eigenvalue weighted by Crippen LogP contribution is 2.15. The van der Waals surface area contributed by atoms with Gasteiger partial charge in [-0.1, -0.05) is 34.3 Å². The molecular weight excluding hydrogens is 604 g/mol. The van der Waals surface area contributed by atoms with Crippen LogP contribution in [0.1, 0.15) is 69.2 Å². The first-order valence-electron chi connectivity index (χ1n) is 16.1. The number of aliphatic imine (C=N–C) groups is 1. The zero-order valence-corrected chi connectivity index (χ0v) is 29.4. The van der Waals surface area contributed by atoms with Crippen molar-refractivity contribution in [1.82, 2.24) is 37.2 Å². The van der Waals surface area contributed by atoms with E-state index in [4.69, 9.17) is 5.11 Å². The SMILES string of the molecule is C=C1NC(C)C(C)N1.CC1C=NCC(=O)NC1C.CC1NC(=O)C=C(O)C1C.CC1NC(=O)NC(=O)C1C.CC1NC=CC(=O)C1C. The summed E-state index contributed by atoms with van der Waals surface area (Å²) in [4.78, 5) is 57.7. The zero-order valence-electron chi connectivity index (χ0n) is 29.4. The largest absolute Gasteiger partial charge is 0.512 e. The Morgan fingerprint density at radius 3 is 1.74 bits per heavy atom. The first-order valence-corrected chi connectivity index (χ1v) is 16.1. The fourth-order valence-electron chi connectivity index (χ4n) is 4.26. The molecule has 5 rings (SSSR count). The molecule has 8 N–H and O–H groups in total. The van der Waals surface area contributed by atoms with Gasteiger partial charge >= 0.3 is 6.03 Å². The fourth-order valence-corrected chi connectivity index (χ4v) is 4.26. The second-order valence-corrected chi connectivity index (χ2v) is 12.7. The lowest BCUT2D eigenvalue weighted by Gasteiger charge is -2.25. The molecule has 264 valence electrons. The summed E-state index contributed by atoms with van der Waals surface area (Å²) >= 11 is 0. The van der Waals surface area contributed by atoms with E-state index in [2.05, 4.69) is 62.6 Å². The Kier molecular flexibility index (Phi) is 16.7. The Morgan fingerprint density at radius 1 is 0.702 bits per heavy atom. The number of carbonyl (C=O) groups is 5. The minimum absolute atomic E-state index is 0.0214. The molecule has 47 heavy (non-hydrogen) atoms. The van der Waals surface area contributed by atoms with Crippen LogP contribution in [0.2, 0.25) is 0 Å². The van der Waals surface area contributed by atoms with E-state index >= 15 is 0 Å². The number of imide groups is 1. The molecule has 0 saturated carbocycles. The number of hydrogen-bond donors (Lipinski definition) is 8. The number of ketones is 1. The average Bonchev–Trinajstić information content (AvgIpc) is 3.19. The van der Waals surface area contributed by atoms with E-state index in [9.17, 15) is 24.0 Å². The van der Waals surface area contributed by atoms with Crippen molar-refractivity contribution < 1.29 is 29.1 Å². The van der Waals surface area contributed by atoms with Gasteiger partial charge in [0.25, 0.3) is 0 Å². The molecule has 14 nitrogen and oxygen atoms in total. The van der Waals surface area contributed by atoms with E-state index in [1.807, 2.05) is 47.8 Å². The van der Waals surface area contributed by atoms with Crippen molar-refractivity contribution in [1.29, 1.82) is 0 Å². The highest BCUT2D eigenvalue weighted by molar-refractivity contribution is 5.98. The summed E-state index contributed by atoms with van der Waals surface area (Å²) in [7, 11) is 0. The maximum atomic E-state index is 10.9. The summed E-state index contributed by atoms with van der Waals surface area (Å²) < 4.78 is 0. The van der Waals surface area contributed by atoms with Crippen molar-refractivity contribution in [3.05, 3.63) is 36.5 Å². The van der Waals surface area contributed by atoms with Gasteiger partial charge in [-0.05, 0) is 47.6 Å². The number of aliphatic hydroxyl groups is 1. The number of hydrogen-bond acceptors (Lipinski definition) is 10. The van der Waals surface area contributed by atoms with Gasteiger partial charge in [0.05, 0.1) is 11.7 Å². The van der Waals surface area contributed by atoms with Crippen LogP contribution in [0.4, 0.5) is 4.79 Å². The monoisotopic (exact) mass is 660 g/mol. The van der Waals surface area contributed by atoms with Crippen LogP contribution in [0.25, 0.3) is 0 Å². The smallest absolute Gasteiger partial charge is 0.321 e. The van der Waals surface area contributed by atoms with Crippen LogP contribution in [-0.4, -0.2) is 83.7 Å². The number of amides is 5. The molecule has 2 fully saturated rings. The summed E-state index contributed by atoms with van der Waals surface area (Å²) in [5, 5.41) is 28.8. The maximum Gasteiger partial charge on any atom is 0.321 e. The molecule has 0 aliphatic carbocycles. The summed E-state index contributed by atoms with van der Waals surface area (Å²) in [6, 6.07) is 1.17. The number of aliphatic hydroxyl groups excluding tert-OH is 1. The standard InChI is InChI=1S/C7H12N2O.C7H11NO2.C7H11NO.C6H10N2O2.C6H12N2/c1-5-3-8-4-7(10)9-6(5)2;1-4-5(2)8-7(10)3-6(4)9;1-5-6(2)8-4-3-7(5)9;1-3-4(2)7-6(10)8-5(3)9;1-4-5(2)8-6(3)7-4/h3,5-6H,4H2,1-2H3,(H,9,10);3-5,9H,1-2H3,(H,8,10);3-6,8H,1-2H3;3-4H,1-2H3,(H2,7,8,9,10);4-5,7-8H,3H2,1-2H3. The summed E-state index contributed by atoms with van der Waals surface area (Å²) in [5.41, 5.74) is 0. The Balaban J connectivity index is 0.000000294. The minimum atomic E-state index is -0.393. The van der Waals surface area contributed by atoms with Gasteiger partial charge in [-0.25, -0.2) is 4.79 Å². The molecule has 5 heterocycles. The van der Waals surface area contributed by atoms with Gasteiger partial charge in [0.15, 0.2) is 5.78 Å². The Bertz CT molecular complexity index is 1200. The van der Waals surface area contributed by atoms with Gasteiger partial charge in [-0.3, -0.25) is 29.5 Å². The van der Waals surface area contributed by atoms with Gasteiger partial charge in [-0.2, -0.15) is 0 Å². The highest BCUT2D eigenvalue weighted by Gasteiger charge is 2.28. The second kappa shape index (κ2) is 19.3. The first kappa shape index (κ1) is 40.7. The average molecular weight is 661 g/mol. The Morgan fingerprint density at radius 2 is 1.28 bits per heavy atom. The Hall–Kier alpha value is -4.36. The maximum absolute atomic E-state index is 10.9. The van der Waals surface area contributed by atoms with Gasteiger partial charge in [-0.15, -0.1) is 0 Å². The van der Waals surface area contributed by atoms with Crippen LogP contribution in [0.15, 0.2) is 41.5 Å². The molecule has 0 radical (unpaired) electrons. The topological polar surface area (TPSA) is 202 Å². The number of rotatable bonds is 0. The van der Waals surface area contributed by atoms with Crippen LogP contribution in [-0.2, 0) is 19.2 Å². The molecule has 5 aliphatic heterocycles. The van der Waals surface area contributed by atoms with E-state index in [1.54, 1.807) is 26.1 Å². The van der Waals surface area contributed by atoms with Crippen molar-refractivity contribution in [2.24, 2.45) is 28.7 Å². The van der Waals surface area contributed by atoms with Crippen LogP contribution in [0.5, 0.6) is 0 Å². The molecule has 14 heteroatoms. The van der Waals surface area contributed by atoms with E-state index in [0.29, 0.717) is 24.0 Å². The van der Waals surface area contributed by atoms with Crippen molar-refractivity contribution in [2.45, 2.75) is 105 Å². The lowest BCUT2D eigenvalue weighted by Crippen LogP contribution is -2.56. The third kappa shape index (κ3) is 14.3. The van der Waals surface area contributed by atoms with E-state index in [-0.39, 0.29) is 71.7 Å². The predicted molar refractivity (Wildman–Crippen MR) is 183 cm³/mol. The van der Waals surface area contributed by atoms with Gasteiger partial charge in [0, 0.05) is 72.5 Å². The zero-order chi connectivity index (χ0) is 36.0. The van der Waals surface area contributed by atoms with Gasteiger partial charge < -0.3 is 37.0 Å². The number of urea groups is 1. The molecule has 2 saturated heterocycles. The molecule has 0 aromatic rings. The fraction of sp³-hybridized carbons (Fsp3) is 0.636. The third-order valence-corrected chi connectivity index (χ3v) is 8.74. The third-order valence-electron chi connectivity index (χ3n) is 8.74. The minimum Gasteiger partial charge on any atom is -0.512 e. The summed E-state index contributed by atoms with van der Waals surface area (Å²) in [6.45, 7) is 23.6. The summed E-state index contributed by atoms with van der Waals surface area (Å²) in [6.07, 6.45) is 6.37. The van der Waals surface area contributed by atoms with Crippen LogP contribution >= 0.6 is 0 Å². The molecule has 0 aromatic carbocycles. The molecule has 10 atom stereocenters. The quantitative estimate of drug-likeness (QED) is 0.191. The molecule has 0 spiro atoms. The molecule has 0 aromatic heterocycles. The second-order valence-electron chi connectivity index (χ2n) is 12.7. The van der Waals surface area contributed by atoms with Gasteiger partial charge in [0.2, 0.25) is 17.7 Å². The first-order chi connectivity index (χ1) is 21.8. The van der Waals surface area contributed by atoms with Crippen molar-refractivity contribution in [3.8, 4) is 0 Å². The van der Waals surface area contributed by atoms with Crippen molar-refractivity contribution in [2.75, 3.05) is 6.54 Å². The molecule has 0 bridgehead atoms. The predicted octanol–water partition coefficient (Wildman–Crippen LogP) is 1.77. The van der Waals surface area contributed by atoms with Crippen molar-refractivity contribution in [3.63, 3.8) is 0 Å². The van der Waals surface area contributed by atoms with E-state index < -0.39 is 6.03 Å². The molecule has 10 unspecified atom stereocenters. The molecule has 5 amide bonds. The summed E-state index contributed by atoms with van der Waals surface area (Å²) in [5.74, 6) is 1.37. The van der Waals surface area contributed by atoms with Crippen molar-refractivity contribution >= 4 is 35.8 Å². The number of nitrogens with one attached hydrogen (secondary N) is 7. The number of allylic oxidation sites excluding steroid dienone is 1. The van der Waals surface area contributed by atoms with Gasteiger partial charge in [0.1, 0.15) is 12.3 Å². The lowest BCUT2D eigenvalue weighted by molar-refractivity contribution is -0.125. The van der Waals surface area contributed by atoms with E-state index in [1.165, 1.54) is 6.08 Å².